The third kappa shape index (κ3) is 5.11. The smallest absolute Gasteiger partial charge is 0.317 e. The Hall–Kier alpha value is -2.32. The number of carbonyl (C=O) groups is 1. The van der Waals surface area contributed by atoms with Crippen molar-refractivity contribution in [1.29, 1.82) is 0 Å². The Bertz CT molecular complexity index is 736. The molecule has 8 nitrogen and oxygen atoms in total. The first kappa shape index (κ1) is 19.4. The molecule has 2 aromatic rings. The fourth-order valence-corrected chi connectivity index (χ4v) is 3.15. The van der Waals surface area contributed by atoms with Gasteiger partial charge in [0.05, 0.1) is 31.5 Å². The molecule has 0 bridgehead atoms. The summed E-state index contributed by atoms with van der Waals surface area (Å²) in [4.78, 5) is 16.4. The highest BCUT2D eigenvalue weighted by atomic mass is 16.5. The van der Waals surface area contributed by atoms with Gasteiger partial charge in [-0.25, -0.2) is 4.79 Å². The minimum atomic E-state index is -0.161. The summed E-state index contributed by atoms with van der Waals surface area (Å²) >= 11 is 0. The Morgan fingerprint density at radius 3 is 2.78 bits per heavy atom. The van der Waals surface area contributed by atoms with Gasteiger partial charge in [0, 0.05) is 32.7 Å². The number of nitrogens with zero attached hydrogens (tertiary/aromatic N) is 3. The summed E-state index contributed by atoms with van der Waals surface area (Å²) in [6, 6.07) is 5.63. The maximum Gasteiger partial charge on any atom is 0.317 e. The molecule has 8 heteroatoms. The fraction of sp³-hybridized carbons (Fsp3) is 0.579. The minimum Gasteiger partial charge on any atom is -0.465 e. The zero-order valence-electron chi connectivity index (χ0n) is 16.2. The number of hydrogen-bond donors (Lipinski definition) is 1. The highest BCUT2D eigenvalue weighted by molar-refractivity contribution is 5.73. The van der Waals surface area contributed by atoms with Crippen LogP contribution in [0.5, 0.6) is 0 Å². The SMILES string of the molecule is CCc1cc(CN(C)C(=O)NCC(c2ccc(C)o2)N2CCOCC2)on1. The second-order valence-electron chi connectivity index (χ2n) is 6.79. The van der Waals surface area contributed by atoms with Crippen LogP contribution >= 0.6 is 0 Å². The van der Waals surface area contributed by atoms with Gasteiger partial charge in [0.25, 0.3) is 0 Å². The molecule has 3 rings (SSSR count). The number of hydrogen-bond acceptors (Lipinski definition) is 6. The zero-order valence-corrected chi connectivity index (χ0v) is 16.2. The summed E-state index contributed by atoms with van der Waals surface area (Å²) in [6.45, 7) is 7.79. The molecule has 27 heavy (non-hydrogen) atoms. The molecule has 1 fully saturated rings. The zero-order chi connectivity index (χ0) is 19.2. The molecule has 0 aliphatic carbocycles. The van der Waals surface area contributed by atoms with Crippen molar-refractivity contribution >= 4 is 6.03 Å². The molecule has 1 aliphatic heterocycles. The van der Waals surface area contributed by atoms with E-state index in [-0.39, 0.29) is 12.1 Å². The monoisotopic (exact) mass is 376 g/mol. The van der Waals surface area contributed by atoms with Gasteiger partial charge < -0.3 is 23.9 Å². The van der Waals surface area contributed by atoms with Gasteiger partial charge in [-0.05, 0) is 25.5 Å². The third-order valence-electron chi connectivity index (χ3n) is 4.73. The summed E-state index contributed by atoms with van der Waals surface area (Å²) in [5, 5.41) is 6.97. The summed E-state index contributed by atoms with van der Waals surface area (Å²) in [6.07, 6.45) is 0.809. The van der Waals surface area contributed by atoms with Crippen LogP contribution < -0.4 is 5.32 Å². The summed E-state index contributed by atoms with van der Waals surface area (Å²) < 4.78 is 16.5. The Labute approximate surface area is 159 Å². The van der Waals surface area contributed by atoms with Crippen LogP contribution in [0, 0.1) is 6.92 Å². The number of rotatable bonds is 7. The van der Waals surface area contributed by atoms with Crippen LogP contribution in [0.1, 0.15) is 35.9 Å². The van der Waals surface area contributed by atoms with Crippen molar-refractivity contribution in [3.8, 4) is 0 Å². The predicted molar refractivity (Wildman–Crippen MR) is 99.3 cm³/mol. The number of furan rings is 1. The van der Waals surface area contributed by atoms with Gasteiger partial charge in [0.2, 0.25) is 0 Å². The van der Waals surface area contributed by atoms with Gasteiger partial charge in [-0.2, -0.15) is 0 Å². The van der Waals surface area contributed by atoms with E-state index in [0.29, 0.717) is 32.1 Å². The van der Waals surface area contributed by atoms with E-state index >= 15 is 0 Å². The first-order valence-electron chi connectivity index (χ1n) is 9.38. The minimum absolute atomic E-state index is 0.0167. The number of urea groups is 1. The first-order valence-corrected chi connectivity index (χ1v) is 9.38. The van der Waals surface area contributed by atoms with E-state index in [2.05, 4.69) is 15.4 Å². The molecule has 148 valence electrons. The predicted octanol–water partition coefficient (Wildman–Crippen LogP) is 2.35. The van der Waals surface area contributed by atoms with E-state index < -0.39 is 0 Å². The molecule has 3 heterocycles. The van der Waals surface area contributed by atoms with Crippen molar-refractivity contribution in [2.45, 2.75) is 32.9 Å². The molecule has 1 N–H and O–H groups in total. The van der Waals surface area contributed by atoms with Gasteiger partial charge in [-0.15, -0.1) is 0 Å². The number of aromatic nitrogens is 1. The molecular formula is C19H28N4O4. The lowest BCUT2D eigenvalue weighted by Crippen LogP contribution is -2.45. The highest BCUT2D eigenvalue weighted by Gasteiger charge is 2.26. The quantitative estimate of drug-likeness (QED) is 0.799. The number of carbonyl (C=O) groups excluding carboxylic acids is 1. The largest absolute Gasteiger partial charge is 0.465 e. The average Bonchev–Trinajstić information content (AvgIpc) is 3.31. The van der Waals surface area contributed by atoms with Gasteiger partial charge in [0.15, 0.2) is 5.76 Å². The Kier molecular flexibility index (Phi) is 6.52. The topological polar surface area (TPSA) is 84.0 Å². The van der Waals surface area contributed by atoms with Gasteiger partial charge in [-0.3, -0.25) is 4.90 Å². The Balaban J connectivity index is 1.59. The number of aryl methyl sites for hydroxylation is 2. The van der Waals surface area contributed by atoms with E-state index in [9.17, 15) is 4.79 Å². The van der Waals surface area contributed by atoms with Crippen LogP contribution in [0.4, 0.5) is 4.79 Å². The molecule has 1 aliphatic rings. The highest BCUT2D eigenvalue weighted by Crippen LogP contribution is 2.23. The molecule has 1 saturated heterocycles. The fourth-order valence-electron chi connectivity index (χ4n) is 3.15. The summed E-state index contributed by atoms with van der Waals surface area (Å²) in [7, 11) is 1.74. The number of nitrogens with one attached hydrogen (secondary N) is 1. The van der Waals surface area contributed by atoms with Gasteiger partial charge in [-0.1, -0.05) is 12.1 Å². The van der Waals surface area contributed by atoms with Crippen molar-refractivity contribution in [2.75, 3.05) is 39.9 Å². The molecule has 2 amide bonds. The lowest BCUT2D eigenvalue weighted by Gasteiger charge is -2.33. The number of amides is 2. The molecule has 1 atom stereocenters. The van der Waals surface area contributed by atoms with Crippen LogP contribution in [0.2, 0.25) is 0 Å². The normalized spacial score (nSPS) is 16.3. The molecule has 0 aromatic carbocycles. The summed E-state index contributed by atoms with van der Waals surface area (Å²) in [5.74, 6) is 2.40. The second-order valence-corrected chi connectivity index (χ2v) is 6.79. The maximum absolute atomic E-state index is 12.5. The number of ether oxygens (including phenoxy) is 1. The molecule has 0 radical (unpaired) electrons. The Morgan fingerprint density at radius 2 is 2.15 bits per heavy atom. The van der Waals surface area contributed by atoms with E-state index in [1.165, 1.54) is 0 Å². The first-order chi connectivity index (χ1) is 13.1. The second kappa shape index (κ2) is 9.05. The lowest BCUT2D eigenvalue weighted by atomic mass is 10.1. The summed E-state index contributed by atoms with van der Waals surface area (Å²) in [5.41, 5.74) is 0.888. The van der Waals surface area contributed by atoms with E-state index in [0.717, 1.165) is 36.7 Å². The molecular weight excluding hydrogens is 348 g/mol. The van der Waals surface area contributed by atoms with E-state index in [1.54, 1.807) is 11.9 Å². The Morgan fingerprint density at radius 1 is 1.37 bits per heavy atom. The lowest BCUT2D eigenvalue weighted by molar-refractivity contribution is 0.0119. The average molecular weight is 376 g/mol. The van der Waals surface area contributed by atoms with Crippen LogP contribution in [-0.2, 0) is 17.7 Å². The van der Waals surface area contributed by atoms with Crippen molar-refractivity contribution in [1.82, 2.24) is 20.3 Å². The standard InChI is InChI=1S/C19H28N4O4/c1-4-15-11-16(27-21-15)13-22(3)19(24)20-12-17(18-6-5-14(2)26-18)23-7-9-25-10-8-23/h5-6,11,17H,4,7-10,12-13H2,1-3H3,(H,20,24). The van der Waals surface area contributed by atoms with Crippen molar-refractivity contribution in [3.63, 3.8) is 0 Å². The van der Waals surface area contributed by atoms with E-state index in [1.807, 2.05) is 32.0 Å². The van der Waals surface area contributed by atoms with Crippen LogP contribution in [0.25, 0.3) is 0 Å². The van der Waals surface area contributed by atoms with Crippen LogP contribution in [-0.4, -0.2) is 60.9 Å². The van der Waals surface area contributed by atoms with Crippen molar-refractivity contribution in [2.24, 2.45) is 0 Å². The molecule has 1 unspecified atom stereocenters. The molecule has 2 aromatic heterocycles. The van der Waals surface area contributed by atoms with Crippen molar-refractivity contribution < 1.29 is 18.5 Å². The van der Waals surface area contributed by atoms with Gasteiger partial charge >= 0.3 is 6.03 Å². The molecule has 0 saturated carbocycles. The van der Waals surface area contributed by atoms with Gasteiger partial charge in [0.1, 0.15) is 11.5 Å². The van der Waals surface area contributed by atoms with E-state index in [4.69, 9.17) is 13.7 Å². The third-order valence-corrected chi connectivity index (χ3v) is 4.73. The van der Waals surface area contributed by atoms with Crippen LogP contribution in [0.15, 0.2) is 27.1 Å². The van der Waals surface area contributed by atoms with Crippen molar-refractivity contribution in [3.05, 3.63) is 41.2 Å². The molecule has 0 spiro atoms. The maximum atomic E-state index is 12.5. The number of morpholine rings is 1. The van der Waals surface area contributed by atoms with Crippen LogP contribution in [0.3, 0.4) is 0 Å².